The molecule has 0 spiro atoms. The molecule has 0 amide bonds. The van der Waals surface area contributed by atoms with Crippen molar-refractivity contribution in [3.63, 3.8) is 0 Å². The number of fused-ring (bicyclic) bond motifs is 1. The number of hydrogen-bond acceptors (Lipinski definition) is 3. The van der Waals surface area contributed by atoms with Gasteiger partial charge in [-0.1, -0.05) is 6.07 Å². The van der Waals surface area contributed by atoms with Gasteiger partial charge in [0.2, 0.25) is 10.0 Å². The van der Waals surface area contributed by atoms with E-state index < -0.39 is 10.0 Å². The molecule has 1 aromatic rings. The van der Waals surface area contributed by atoms with Crippen molar-refractivity contribution in [1.82, 2.24) is 4.98 Å². The van der Waals surface area contributed by atoms with Crippen LogP contribution >= 0.6 is 0 Å². The van der Waals surface area contributed by atoms with Crippen LogP contribution in [0.25, 0.3) is 0 Å². The lowest BCUT2D eigenvalue weighted by atomic mass is 10.3. The summed E-state index contributed by atoms with van der Waals surface area (Å²) in [6, 6.07) is 3.47. The smallest absolute Gasteiger partial charge is 0.238 e. The number of nitrogens with one attached hydrogen (secondary N) is 1. The molecule has 2 heterocycles. The van der Waals surface area contributed by atoms with Gasteiger partial charge in [-0.05, 0) is 6.07 Å². The molecule has 11 heavy (non-hydrogen) atoms. The molecular weight excluding hydrogens is 164 g/mol. The minimum absolute atomic E-state index is 0.0518. The molecule has 2 rings (SSSR count). The van der Waals surface area contributed by atoms with Gasteiger partial charge < -0.3 is 0 Å². The molecule has 0 aromatic carbocycles. The maximum atomic E-state index is 10.9. The fourth-order valence-corrected chi connectivity index (χ4v) is 2.23. The van der Waals surface area contributed by atoms with Crippen LogP contribution in [-0.2, 0) is 15.8 Å². The predicted octanol–water partition coefficient (Wildman–Crippen LogP) is 0.337. The first-order valence-corrected chi connectivity index (χ1v) is 4.77. The van der Waals surface area contributed by atoms with Crippen LogP contribution in [-0.4, -0.2) is 13.4 Å². The largest absolute Gasteiger partial charge is 0.267 e. The molecule has 0 saturated carbocycles. The van der Waals surface area contributed by atoms with E-state index in [0.29, 0.717) is 5.82 Å². The van der Waals surface area contributed by atoms with E-state index in [1.54, 1.807) is 18.3 Å². The Hall–Kier alpha value is -1.10. The van der Waals surface area contributed by atoms with Gasteiger partial charge in [-0.15, -0.1) is 0 Å². The van der Waals surface area contributed by atoms with Crippen LogP contribution in [0.4, 0.5) is 5.82 Å². The van der Waals surface area contributed by atoms with Crippen molar-refractivity contribution in [2.24, 2.45) is 0 Å². The highest BCUT2D eigenvalue weighted by atomic mass is 32.2. The minimum atomic E-state index is -3.12. The van der Waals surface area contributed by atoms with Gasteiger partial charge in [0.1, 0.15) is 5.82 Å². The first-order chi connectivity index (χ1) is 5.17. The maximum absolute atomic E-state index is 10.9. The SMILES string of the molecule is O=S1(=O)Cc2cccnc2N1. The maximum Gasteiger partial charge on any atom is 0.238 e. The summed E-state index contributed by atoms with van der Waals surface area (Å²) in [5.41, 5.74) is 0.743. The van der Waals surface area contributed by atoms with Crippen LogP contribution in [0.3, 0.4) is 0 Å². The van der Waals surface area contributed by atoms with Gasteiger partial charge in [-0.2, -0.15) is 0 Å². The molecule has 1 aliphatic heterocycles. The highest BCUT2D eigenvalue weighted by Crippen LogP contribution is 2.22. The standard InChI is InChI=1S/C6H6N2O2S/c9-11(10)4-5-2-1-3-7-6(5)8-11/h1-3H,4H2,(H,7,8). The Labute approximate surface area is 64.3 Å². The highest BCUT2D eigenvalue weighted by Gasteiger charge is 2.23. The Morgan fingerprint density at radius 3 is 3.09 bits per heavy atom. The van der Waals surface area contributed by atoms with E-state index >= 15 is 0 Å². The van der Waals surface area contributed by atoms with Crippen molar-refractivity contribution >= 4 is 15.8 Å². The van der Waals surface area contributed by atoms with Crippen molar-refractivity contribution in [3.05, 3.63) is 23.9 Å². The monoisotopic (exact) mass is 170 g/mol. The minimum Gasteiger partial charge on any atom is -0.267 e. The van der Waals surface area contributed by atoms with Crippen LogP contribution in [0.1, 0.15) is 5.56 Å². The van der Waals surface area contributed by atoms with Crippen molar-refractivity contribution in [3.8, 4) is 0 Å². The average Bonchev–Trinajstić information content (AvgIpc) is 2.21. The summed E-state index contributed by atoms with van der Waals surface area (Å²) in [7, 11) is -3.12. The van der Waals surface area contributed by atoms with E-state index in [1.807, 2.05) is 0 Å². The van der Waals surface area contributed by atoms with E-state index in [2.05, 4.69) is 9.71 Å². The highest BCUT2D eigenvalue weighted by molar-refractivity contribution is 7.92. The molecule has 58 valence electrons. The molecule has 5 heteroatoms. The number of anilines is 1. The van der Waals surface area contributed by atoms with Gasteiger partial charge in [0.25, 0.3) is 0 Å². The van der Waals surface area contributed by atoms with Crippen LogP contribution in [0.15, 0.2) is 18.3 Å². The van der Waals surface area contributed by atoms with E-state index in [-0.39, 0.29) is 5.75 Å². The lowest BCUT2D eigenvalue weighted by Gasteiger charge is -1.92. The average molecular weight is 170 g/mol. The number of hydrogen-bond donors (Lipinski definition) is 1. The van der Waals surface area contributed by atoms with Crippen LogP contribution < -0.4 is 4.72 Å². The van der Waals surface area contributed by atoms with Crippen LogP contribution in [0.2, 0.25) is 0 Å². The zero-order valence-corrected chi connectivity index (χ0v) is 6.43. The first-order valence-electron chi connectivity index (χ1n) is 3.12. The van der Waals surface area contributed by atoms with E-state index in [0.717, 1.165) is 5.56 Å². The van der Waals surface area contributed by atoms with Crippen molar-refractivity contribution < 1.29 is 8.42 Å². The summed E-state index contributed by atoms with van der Waals surface area (Å²) < 4.78 is 24.2. The molecule has 4 nitrogen and oxygen atoms in total. The van der Waals surface area contributed by atoms with Crippen molar-refractivity contribution in [2.75, 3.05) is 4.72 Å². The normalized spacial score (nSPS) is 18.9. The molecule has 0 atom stereocenters. The van der Waals surface area contributed by atoms with Crippen molar-refractivity contribution in [2.45, 2.75) is 5.75 Å². The van der Waals surface area contributed by atoms with Crippen molar-refractivity contribution in [1.29, 1.82) is 0 Å². The van der Waals surface area contributed by atoms with Gasteiger partial charge in [-0.3, -0.25) is 4.72 Å². The topological polar surface area (TPSA) is 59.1 Å². The zero-order valence-electron chi connectivity index (χ0n) is 5.61. The van der Waals surface area contributed by atoms with Gasteiger partial charge in [0.15, 0.2) is 0 Å². The number of rotatable bonds is 0. The number of pyridine rings is 1. The first kappa shape index (κ1) is 6.60. The quantitative estimate of drug-likeness (QED) is 0.610. The Bertz CT molecular complexity index is 354. The Morgan fingerprint density at radius 1 is 1.55 bits per heavy atom. The van der Waals surface area contributed by atoms with Gasteiger partial charge in [0.05, 0.1) is 5.75 Å². The fourth-order valence-electron chi connectivity index (χ4n) is 1.04. The number of sulfonamides is 1. The van der Waals surface area contributed by atoms with E-state index in [4.69, 9.17) is 0 Å². The second-order valence-corrected chi connectivity index (χ2v) is 4.09. The second-order valence-electron chi connectivity index (χ2n) is 2.37. The van der Waals surface area contributed by atoms with Gasteiger partial charge in [0, 0.05) is 11.8 Å². The molecular formula is C6H6N2O2S. The predicted molar refractivity (Wildman–Crippen MR) is 40.5 cm³/mol. The molecule has 1 aliphatic rings. The lowest BCUT2D eigenvalue weighted by Crippen LogP contribution is -2.05. The van der Waals surface area contributed by atoms with Gasteiger partial charge >= 0.3 is 0 Å². The molecule has 0 bridgehead atoms. The summed E-state index contributed by atoms with van der Waals surface area (Å²) in [6.07, 6.45) is 1.56. The molecule has 0 saturated heterocycles. The second kappa shape index (κ2) is 1.94. The summed E-state index contributed by atoms with van der Waals surface area (Å²) in [6.45, 7) is 0. The summed E-state index contributed by atoms with van der Waals surface area (Å²) in [5, 5.41) is 0. The molecule has 0 unspecified atom stereocenters. The Kier molecular flexibility index (Phi) is 1.17. The third-order valence-corrected chi connectivity index (χ3v) is 2.68. The zero-order chi connectivity index (χ0) is 7.90. The third kappa shape index (κ3) is 1.07. The van der Waals surface area contributed by atoms with Crippen LogP contribution in [0, 0.1) is 0 Å². The van der Waals surface area contributed by atoms with Gasteiger partial charge in [-0.25, -0.2) is 13.4 Å². The fraction of sp³-hybridized carbons (Fsp3) is 0.167. The number of nitrogens with zero attached hydrogens (tertiary/aromatic N) is 1. The molecule has 1 aromatic heterocycles. The molecule has 0 radical (unpaired) electrons. The Morgan fingerprint density at radius 2 is 2.36 bits per heavy atom. The third-order valence-electron chi connectivity index (χ3n) is 1.49. The molecule has 0 fully saturated rings. The van der Waals surface area contributed by atoms with E-state index in [1.165, 1.54) is 0 Å². The Balaban J connectivity index is 2.57. The lowest BCUT2D eigenvalue weighted by molar-refractivity contribution is 0.602. The molecule has 1 N–H and O–H groups in total. The summed E-state index contributed by atoms with van der Waals surface area (Å²) in [4.78, 5) is 3.86. The van der Waals surface area contributed by atoms with E-state index in [9.17, 15) is 8.42 Å². The summed E-state index contributed by atoms with van der Waals surface area (Å²) in [5.74, 6) is 0.517. The molecule has 0 aliphatic carbocycles. The summed E-state index contributed by atoms with van der Waals surface area (Å²) >= 11 is 0. The van der Waals surface area contributed by atoms with Crippen LogP contribution in [0.5, 0.6) is 0 Å². The number of aromatic nitrogens is 1.